The summed E-state index contributed by atoms with van der Waals surface area (Å²) in [6.45, 7) is 4.58. The summed E-state index contributed by atoms with van der Waals surface area (Å²) in [5, 5.41) is 9.86. The van der Waals surface area contributed by atoms with Crippen LogP contribution in [0.25, 0.3) is 33.5 Å². The Labute approximate surface area is 190 Å². The van der Waals surface area contributed by atoms with Crippen molar-refractivity contribution in [3.05, 3.63) is 41.9 Å². The fourth-order valence-electron chi connectivity index (χ4n) is 4.09. The average molecular weight is 450 g/mol. The minimum atomic E-state index is 0.212. The summed E-state index contributed by atoms with van der Waals surface area (Å²) in [6, 6.07) is 4.16. The number of hydrogen-bond acceptors (Lipinski definition) is 6. The molecule has 1 saturated heterocycles. The van der Waals surface area contributed by atoms with Crippen molar-refractivity contribution >= 4 is 28.6 Å². The van der Waals surface area contributed by atoms with Crippen LogP contribution in [0.4, 0.5) is 5.95 Å². The Morgan fingerprint density at radius 2 is 2.25 bits per heavy atom. The Hall–Kier alpha value is -2.97. The van der Waals surface area contributed by atoms with Gasteiger partial charge in [-0.3, -0.25) is 4.68 Å². The van der Waals surface area contributed by atoms with Crippen LogP contribution in [-0.4, -0.2) is 49.5 Å². The molecule has 6 rings (SSSR count). The Balaban J connectivity index is 1.42. The normalized spacial score (nSPS) is 19.5. The van der Waals surface area contributed by atoms with Crippen LogP contribution < -0.4 is 5.32 Å². The maximum absolute atomic E-state index is 6.35. The van der Waals surface area contributed by atoms with Crippen LogP contribution in [0.2, 0.25) is 5.02 Å². The molecule has 8 nitrogen and oxygen atoms in total. The van der Waals surface area contributed by atoms with Crippen LogP contribution in [0.1, 0.15) is 32.2 Å². The van der Waals surface area contributed by atoms with Gasteiger partial charge in [0.05, 0.1) is 23.4 Å². The number of rotatable bonds is 6. The number of pyridine rings is 1. The number of ether oxygens (including phenoxy) is 1. The zero-order valence-electron chi connectivity index (χ0n) is 17.8. The first-order chi connectivity index (χ1) is 15.6. The van der Waals surface area contributed by atoms with Gasteiger partial charge in [0.25, 0.3) is 0 Å². The van der Waals surface area contributed by atoms with Crippen LogP contribution in [0.15, 0.2) is 36.9 Å². The van der Waals surface area contributed by atoms with Crippen LogP contribution in [0.3, 0.4) is 0 Å². The summed E-state index contributed by atoms with van der Waals surface area (Å²) in [5.41, 5.74) is 4.60. The highest BCUT2D eigenvalue weighted by atomic mass is 35.5. The van der Waals surface area contributed by atoms with Crippen LogP contribution in [0.5, 0.6) is 0 Å². The van der Waals surface area contributed by atoms with Gasteiger partial charge < -0.3 is 15.0 Å². The van der Waals surface area contributed by atoms with Crippen molar-refractivity contribution in [2.75, 3.05) is 25.1 Å². The number of halogens is 1. The number of hydrogen-bond donors (Lipinski definition) is 2. The smallest absolute Gasteiger partial charge is 0.223 e. The molecule has 0 bridgehead atoms. The maximum atomic E-state index is 6.35. The second-order valence-electron chi connectivity index (χ2n) is 9.08. The van der Waals surface area contributed by atoms with Gasteiger partial charge in [-0.1, -0.05) is 18.5 Å². The van der Waals surface area contributed by atoms with Crippen LogP contribution in [-0.2, 0) is 4.74 Å². The molecule has 2 fully saturated rings. The SMILES string of the molecule is CC1(CNc2nccc(-c3cn(C4CCOC4)nc3-c3cnc4[nH]cc(Cl)c4c3)n2)CC1. The number of H-pyrrole nitrogens is 1. The number of aromatic amines is 1. The molecule has 0 radical (unpaired) electrons. The molecule has 4 aromatic rings. The lowest BCUT2D eigenvalue weighted by Gasteiger charge is -2.10. The van der Waals surface area contributed by atoms with E-state index in [1.807, 2.05) is 23.0 Å². The van der Waals surface area contributed by atoms with E-state index in [1.165, 1.54) is 12.8 Å². The first-order valence-electron chi connectivity index (χ1n) is 11.0. The standard InChI is InChI=1S/C23H24ClN7O/c1-23(4-5-23)13-28-22-25-6-2-19(29-22)17-11-31(15-3-7-32-12-15)30-20(17)14-8-16-18(24)10-27-21(16)26-9-14/h2,6,8-11,15H,3-5,7,12-13H2,1H3,(H,26,27)(H,25,28,29). The van der Waals surface area contributed by atoms with E-state index in [4.69, 9.17) is 26.4 Å². The molecule has 1 unspecified atom stereocenters. The maximum Gasteiger partial charge on any atom is 0.223 e. The predicted octanol–water partition coefficient (Wildman–Crippen LogP) is 4.71. The molecule has 2 aliphatic rings. The Morgan fingerprint density at radius 1 is 1.34 bits per heavy atom. The van der Waals surface area contributed by atoms with Crippen molar-refractivity contribution in [1.82, 2.24) is 29.7 Å². The van der Waals surface area contributed by atoms with Crippen molar-refractivity contribution in [2.24, 2.45) is 5.41 Å². The lowest BCUT2D eigenvalue weighted by Crippen LogP contribution is -2.13. The summed E-state index contributed by atoms with van der Waals surface area (Å²) >= 11 is 6.35. The molecule has 0 aromatic carbocycles. The molecule has 4 aromatic heterocycles. The minimum absolute atomic E-state index is 0.212. The molecule has 0 spiro atoms. The van der Waals surface area contributed by atoms with E-state index < -0.39 is 0 Å². The summed E-state index contributed by atoms with van der Waals surface area (Å²) in [6.07, 6.45) is 10.9. The molecule has 1 aliphatic heterocycles. The number of anilines is 1. The molecule has 2 N–H and O–H groups in total. The van der Waals surface area contributed by atoms with E-state index in [2.05, 4.69) is 33.4 Å². The summed E-state index contributed by atoms with van der Waals surface area (Å²) < 4.78 is 7.59. The first-order valence-corrected chi connectivity index (χ1v) is 11.3. The zero-order chi connectivity index (χ0) is 21.7. The molecule has 1 aliphatic carbocycles. The monoisotopic (exact) mass is 449 g/mol. The molecule has 0 amide bonds. The minimum Gasteiger partial charge on any atom is -0.379 e. The Morgan fingerprint density at radius 3 is 3.06 bits per heavy atom. The molecule has 32 heavy (non-hydrogen) atoms. The first kappa shape index (κ1) is 19.7. The molecule has 5 heterocycles. The van der Waals surface area contributed by atoms with E-state index in [0.717, 1.165) is 53.1 Å². The van der Waals surface area contributed by atoms with Crippen molar-refractivity contribution in [1.29, 1.82) is 0 Å². The third kappa shape index (κ3) is 3.63. The fourth-order valence-corrected chi connectivity index (χ4v) is 4.29. The average Bonchev–Trinajstić information content (AvgIpc) is 3.24. The lowest BCUT2D eigenvalue weighted by atomic mass is 10.1. The summed E-state index contributed by atoms with van der Waals surface area (Å²) in [7, 11) is 0. The van der Waals surface area contributed by atoms with Gasteiger partial charge in [-0.2, -0.15) is 5.10 Å². The number of aromatic nitrogens is 6. The highest BCUT2D eigenvalue weighted by Crippen LogP contribution is 2.44. The van der Waals surface area contributed by atoms with Gasteiger partial charge >= 0.3 is 0 Å². The van der Waals surface area contributed by atoms with Gasteiger partial charge in [-0.15, -0.1) is 0 Å². The largest absolute Gasteiger partial charge is 0.379 e. The molecular formula is C23H24ClN7O. The highest BCUT2D eigenvalue weighted by molar-refractivity contribution is 6.35. The van der Waals surface area contributed by atoms with Crippen molar-refractivity contribution in [3.63, 3.8) is 0 Å². The Bertz CT molecular complexity index is 1290. The van der Waals surface area contributed by atoms with Crippen LogP contribution in [0, 0.1) is 5.41 Å². The number of nitrogens with one attached hydrogen (secondary N) is 2. The van der Waals surface area contributed by atoms with E-state index in [-0.39, 0.29) is 6.04 Å². The van der Waals surface area contributed by atoms with E-state index >= 15 is 0 Å². The summed E-state index contributed by atoms with van der Waals surface area (Å²) in [5.74, 6) is 0.640. The zero-order valence-corrected chi connectivity index (χ0v) is 18.6. The lowest BCUT2D eigenvalue weighted by molar-refractivity contribution is 0.184. The topological polar surface area (TPSA) is 93.5 Å². The third-order valence-corrected chi connectivity index (χ3v) is 6.79. The van der Waals surface area contributed by atoms with Crippen LogP contribution >= 0.6 is 11.6 Å². The number of fused-ring (bicyclic) bond motifs is 1. The van der Waals surface area contributed by atoms with E-state index in [0.29, 0.717) is 23.0 Å². The molecule has 1 atom stereocenters. The molecule has 164 valence electrons. The Kier molecular flexibility index (Phi) is 4.66. The number of nitrogens with zero attached hydrogens (tertiary/aromatic N) is 5. The predicted molar refractivity (Wildman–Crippen MR) is 124 cm³/mol. The quantitative estimate of drug-likeness (QED) is 0.442. The van der Waals surface area contributed by atoms with Gasteiger partial charge in [0, 0.05) is 54.5 Å². The van der Waals surface area contributed by atoms with E-state index in [1.54, 1.807) is 12.4 Å². The van der Waals surface area contributed by atoms with Gasteiger partial charge in [0.15, 0.2) is 0 Å². The highest BCUT2D eigenvalue weighted by Gasteiger charge is 2.37. The molecule has 1 saturated carbocycles. The second kappa shape index (κ2) is 7.56. The van der Waals surface area contributed by atoms with Crippen molar-refractivity contribution in [3.8, 4) is 22.5 Å². The molecular weight excluding hydrogens is 426 g/mol. The molecule has 9 heteroatoms. The second-order valence-corrected chi connectivity index (χ2v) is 9.48. The van der Waals surface area contributed by atoms with Gasteiger partial charge in [0.1, 0.15) is 11.3 Å². The van der Waals surface area contributed by atoms with Gasteiger partial charge in [-0.25, -0.2) is 15.0 Å². The van der Waals surface area contributed by atoms with Gasteiger partial charge in [-0.05, 0) is 36.8 Å². The van der Waals surface area contributed by atoms with Crippen molar-refractivity contribution < 1.29 is 4.74 Å². The van der Waals surface area contributed by atoms with Crippen molar-refractivity contribution in [2.45, 2.75) is 32.2 Å². The summed E-state index contributed by atoms with van der Waals surface area (Å²) in [4.78, 5) is 16.9. The third-order valence-electron chi connectivity index (χ3n) is 6.47. The van der Waals surface area contributed by atoms with Gasteiger partial charge in [0.2, 0.25) is 5.95 Å². The fraction of sp³-hybridized carbons (Fsp3) is 0.391. The van der Waals surface area contributed by atoms with E-state index in [9.17, 15) is 0 Å².